The number of carbonyl (C=O) groups is 1. The Morgan fingerprint density at radius 2 is 1.78 bits per heavy atom. The molecule has 1 atom stereocenters. The molecule has 0 bridgehead atoms. The highest BCUT2D eigenvalue weighted by molar-refractivity contribution is 7.87. The summed E-state index contributed by atoms with van der Waals surface area (Å²) >= 11 is 0. The summed E-state index contributed by atoms with van der Waals surface area (Å²) in [6, 6.07) is 16.5. The Balaban J connectivity index is 1.82. The van der Waals surface area contributed by atoms with E-state index in [1.165, 1.54) is 6.07 Å². The Bertz CT molecular complexity index is 1140. The number of rotatable bonds is 4. The highest BCUT2D eigenvalue weighted by Gasteiger charge is 2.30. The lowest BCUT2D eigenvalue weighted by Gasteiger charge is -2.26. The van der Waals surface area contributed by atoms with Crippen molar-refractivity contribution in [3.05, 3.63) is 71.8 Å². The van der Waals surface area contributed by atoms with E-state index in [9.17, 15) is 13.2 Å². The van der Waals surface area contributed by atoms with Gasteiger partial charge < -0.3 is 15.2 Å². The Labute approximate surface area is 157 Å². The maximum atomic E-state index is 13.0. The number of primary amides is 1. The number of nitrogens with two attached hydrogens (primary N) is 1. The van der Waals surface area contributed by atoms with Gasteiger partial charge >= 0.3 is 10.1 Å². The molecule has 0 fully saturated rings. The van der Waals surface area contributed by atoms with Gasteiger partial charge in [0.05, 0.1) is 0 Å². The molecule has 1 heterocycles. The zero-order valence-corrected chi connectivity index (χ0v) is 15.2. The molecule has 0 radical (unpaired) electrons. The molecule has 1 aliphatic rings. The van der Waals surface area contributed by atoms with Crippen LogP contribution in [0, 0.1) is 0 Å². The number of amides is 1. The van der Waals surface area contributed by atoms with E-state index >= 15 is 0 Å². The molecule has 1 amide bonds. The third kappa shape index (κ3) is 3.15. The first-order valence-corrected chi connectivity index (χ1v) is 9.95. The summed E-state index contributed by atoms with van der Waals surface area (Å²) < 4.78 is 31.5. The highest BCUT2D eigenvalue weighted by atomic mass is 32.2. The van der Waals surface area contributed by atoms with Gasteiger partial charge in [-0.15, -0.1) is 0 Å². The highest BCUT2D eigenvalue weighted by Crippen LogP contribution is 2.34. The number of benzene rings is 3. The van der Waals surface area contributed by atoms with E-state index in [-0.39, 0.29) is 10.6 Å². The summed E-state index contributed by atoms with van der Waals surface area (Å²) in [5.41, 5.74) is 6.83. The molecule has 4 rings (SSSR count). The molecular formula is C20H18N2O4S. The van der Waals surface area contributed by atoms with Crippen LogP contribution in [0.4, 0.5) is 0 Å². The topological polar surface area (TPSA) is 98.5 Å². The van der Waals surface area contributed by atoms with Gasteiger partial charge in [0, 0.05) is 17.5 Å². The summed E-state index contributed by atoms with van der Waals surface area (Å²) in [6.45, 7) is 0.583. The second-order valence-electron chi connectivity index (χ2n) is 6.38. The second-order valence-corrected chi connectivity index (χ2v) is 7.90. The zero-order valence-electron chi connectivity index (χ0n) is 14.4. The number of hydrogen-bond acceptors (Lipinski definition) is 5. The fraction of sp³-hybridized carbons (Fsp3) is 0.150. The van der Waals surface area contributed by atoms with Crippen molar-refractivity contribution < 1.29 is 17.4 Å². The van der Waals surface area contributed by atoms with E-state index in [1.807, 2.05) is 24.3 Å². The van der Waals surface area contributed by atoms with E-state index < -0.39 is 22.1 Å². The third-order valence-corrected chi connectivity index (χ3v) is 5.98. The summed E-state index contributed by atoms with van der Waals surface area (Å²) in [4.78, 5) is 11.9. The monoisotopic (exact) mass is 382 g/mol. The maximum Gasteiger partial charge on any atom is 0.339 e. The molecule has 0 aromatic heterocycles. The SMILES string of the molecule is NC(=O)C1NCCc2cccc(OS(=O)(=O)c3cccc4ccccc34)c21. The minimum atomic E-state index is -4.10. The van der Waals surface area contributed by atoms with Crippen LogP contribution >= 0.6 is 0 Å². The van der Waals surface area contributed by atoms with Crippen molar-refractivity contribution in [3.63, 3.8) is 0 Å². The molecule has 0 spiro atoms. The Hall–Kier alpha value is -2.90. The molecule has 3 aromatic rings. The van der Waals surface area contributed by atoms with E-state index in [0.717, 1.165) is 10.9 Å². The van der Waals surface area contributed by atoms with Crippen molar-refractivity contribution in [2.45, 2.75) is 17.4 Å². The standard InChI is InChI=1S/C20H18N2O4S/c21-20(23)19-18-14(11-12-22-19)7-3-9-16(18)26-27(24,25)17-10-4-6-13-5-1-2-8-15(13)17/h1-10,19,22H,11-12H2,(H2,21,23). The maximum absolute atomic E-state index is 13.0. The largest absolute Gasteiger partial charge is 0.379 e. The molecule has 1 aliphatic heterocycles. The quantitative estimate of drug-likeness (QED) is 0.675. The lowest BCUT2D eigenvalue weighted by Crippen LogP contribution is -2.39. The molecule has 0 saturated carbocycles. The van der Waals surface area contributed by atoms with Crippen LogP contribution in [0.5, 0.6) is 5.75 Å². The van der Waals surface area contributed by atoms with Gasteiger partial charge in [-0.2, -0.15) is 8.42 Å². The molecule has 7 heteroatoms. The van der Waals surface area contributed by atoms with Gasteiger partial charge in [-0.1, -0.05) is 48.5 Å². The number of hydrogen-bond donors (Lipinski definition) is 2. The first kappa shape index (κ1) is 17.5. The van der Waals surface area contributed by atoms with Crippen molar-refractivity contribution >= 4 is 26.8 Å². The normalized spacial score (nSPS) is 16.7. The van der Waals surface area contributed by atoms with Crippen LogP contribution in [0.1, 0.15) is 17.2 Å². The molecular weight excluding hydrogens is 364 g/mol. The van der Waals surface area contributed by atoms with E-state index in [1.54, 1.807) is 30.3 Å². The van der Waals surface area contributed by atoms with Gasteiger partial charge in [-0.3, -0.25) is 4.79 Å². The van der Waals surface area contributed by atoms with Gasteiger partial charge in [0.15, 0.2) is 0 Å². The fourth-order valence-corrected chi connectivity index (χ4v) is 4.65. The smallest absolute Gasteiger partial charge is 0.339 e. The fourth-order valence-electron chi connectivity index (χ4n) is 3.48. The van der Waals surface area contributed by atoms with Crippen molar-refractivity contribution in [1.82, 2.24) is 5.32 Å². The van der Waals surface area contributed by atoms with Gasteiger partial charge in [-0.25, -0.2) is 0 Å². The van der Waals surface area contributed by atoms with Gasteiger partial charge in [0.2, 0.25) is 5.91 Å². The Morgan fingerprint density at radius 3 is 2.59 bits per heavy atom. The molecule has 138 valence electrons. The number of nitrogens with one attached hydrogen (secondary N) is 1. The average Bonchev–Trinajstić information content (AvgIpc) is 2.67. The van der Waals surface area contributed by atoms with E-state index in [0.29, 0.717) is 23.9 Å². The van der Waals surface area contributed by atoms with Crippen LogP contribution < -0.4 is 15.2 Å². The van der Waals surface area contributed by atoms with E-state index in [4.69, 9.17) is 9.92 Å². The average molecular weight is 382 g/mol. The summed E-state index contributed by atoms with van der Waals surface area (Å²) in [7, 11) is -4.10. The molecule has 1 unspecified atom stereocenters. The Morgan fingerprint density at radius 1 is 1.04 bits per heavy atom. The minimum Gasteiger partial charge on any atom is -0.379 e. The molecule has 6 nitrogen and oxygen atoms in total. The van der Waals surface area contributed by atoms with Gasteiger partial charge in [0.1, 0.15) is 16.7 Å². The first-order chi connectivity index (χ1) is 13.0. The molecule has 27 heavy (non-hydrogen) atoms. The first-order valence-electron chi connectivity index (χ1n) is 8.54. The lowest BCUT2D eigenvalue weighted by molar-refractivity contribution is -0.120. The molecule has 0 aliphatic carbocycles. The van der Waals surface area contributed by atoms with Crippen LogP contribution in [-0.4, -0.2) is 20.9 Å². The number of fused-ring (bicyclic) bond motifs is 2. The summed E-state index contributed by atoms with van der Waals surface area (Å²) in [5, 5.41) is 4.40. The molecule has 3 N–H and O–H groups in total. The van der Waals surface area contributed by atoms with Crippen LogP contribution in [0.3, 0.4) is 0 Å². The predicted octanol–water partition coefficient (Wildman–Crippen LogP) is 2.28. The summed E-state index contributed by atoms with van der Waals surface area (Å²) in [5.74, 6) is -0.453. The van der Waals surface area contributed by atoms with Crippen LogP contribution in [0.2, 0.25) is 0 Å². The van der Waals surface area contributed by atoms with Gasteiger partial charge in [0.25, 0.3) is 0 Å². The van der Waals surface area contributed by atoms with Crippen LogP contribution in [0.15, 0.2) is 65.6 Å². The zero-order chi connectivity index (χ0) is 19.0. The Kier molecular flexibility index (Phi) is 4.33. The van der Waals surface area contributed by atoms with Crippen LogP contribution in [0.25, 0.3) is 10.8 Å². The lowest BCUT2D eigenvalue weighted by atomic mass is 9.93. The molecule has 3 aromatic carbocycles. The minimum absolute atomic E-state index is 0.0811. The van der Waals surface area contributed by atoms with Crippen molar-refractivity contribution in [2.24, 2.45) is 5.73 Å². The number of carbonyl (C=O) groups excluding carboxylic acids is 1. The predicted molar refractivity (Wildman–Crippen MR) is 102 cm³/mol. The van der Waals surface area contributed by atoms with Crippen molar-refractivity contribution in [3.8, 4) is 5.75 Å². The van der Waals surface area contributed by atoms with Crippen molar-refractivity contribution in [1.29, 1.82) is 0 Å². The van der Waals surface area contributed by atoms with Crippen molar-refractivity contribution in [2.75, 3.05) is 6.54 Å². The second kappa shape index (κ2) is 6.68. The third-order valence-electron chi connectivity index (χ3n) is 4.69. The van der Waals surface area contributed by atoms with Crippen LogP contribution in [-0.2, 0) is 21.3 Å². The van der Waals surface area contributed by atoms with Gasteiger partial charge in [-0.05, 0) is 29.5 Å². The molecule has 0 saturated heterocycles. The van der Waals surface area contributed by atoms with E-state index in [2.05, 4.69) is 5.32 Å². The summed E-state index contributed by atoms with van der Waals surface area (Å²) in [6.07, 6.45) is 0.657.